The summed E-state index contributed by atoms with van der Waals surface area (Å²) in [6.07, 6.45) is 14.7. The van der Waals surface area contributed by atoms with Gasteiger partial charge < -0.3 is 5.11 Å². The van der Waals surface area contributed by atoms with Gasteiger partial charge in [-0.1, -0.05) is 6.08 Å². The van der Waals surface area contributed by atoms with E-state index < -0.39 is 5.97 Å². The van der Waals surface area contributed by atoms with Gasteiger partial charge in [0.15, 0.2) is 0 Å². The molecule has 3 fully saturated rings. The standard InChI is InChI=1S/C19H30O2/c1-2-13-3-4-18-12-17(10-9-16(18)11-13)14-5-7-15(8-6-14)19(20)21/h2,13-18H,1,3-12H2,(H,20,21). The first-order valence-corrected chi connectivity index (χ1v) is 9.02. The molecule has 118 valence electrons. The molecule has 2 heteroatoms. The summed E-state index contributed by atoms with van der Waals surface area (Å²) >= 11 is 0. The zero-order chi connectivity index (χ0) is 14.8. The van der Waals surface area contributed by atoms with Gasteiger partial charge in [0.1, 0.15) is 0 Å². The topological polar surface area (TPSA) is 37.3 Å². The van der Waals surface area contributed by atoms with E-state index in [1.807, 2.05) is 0 Å². The van der Waals surface area contributed by atoms with Crippen molar-refractivity contribution in [3.8, 4) is 0 Å². The molecular weight excluding hydrogens is 260 g/mol. The van der Waals surface area contributed by atoms with Crippen molar-refractivity contribution in [3.63, 3.8) is 0 Å². The van der Waals surface area contributed by atoms with Crippen molar-refractivity contribution in [1.82, 2.24) is 0 Å². The average molecular weight is 290 g/mol. The molecule has 3 rings (SSSR count). The van der Waals surface area contributed by atoms with Gasteiger partial charge in [-0.05, 0) is 93.8 Å². The normalized spacial score (nSPS) is 43.8. The third kappa shape index (κ3) is 3.35. The first kappa shape index (κ1) is 15.1. The molecule has 3 aliphatic rings. The molecule has 0 aliphatic heterocycles. The Bertz CT molecular complexity index is 381. The van der Waals surface area contributed by atoms with Gasteiger partial charge in [0.25, 0.3) is 0 Å². The van der Waals surface area contributed by atoms with Crippen molar-refractivity contribution >= 4 is 5.97 Å². The fourth-order valence-electron chi connectivity index (χ4n) is 5.44. The van der Waals surface area contributed by atoms with E-state index >= 15 is 0 Å². The monoisotopic (exact) mass is 290 g/mol. The molecule has 1 N–H and O–H groups in total. The van der Waals surface area contributed by atoms with Crippen molar-refractivity contribution in [2.75, 3.05) is 0 Å². The van der Waals surface area contributed by atoms with E-state index in [1.165, 1.54) is 38.5 Å². The first-order valence-electron chi connectivity index (χ1n) is 9.02. The Kier molecular flexibility index (Phi) is 4.71. The number of hydrogen-bond acceptors (Lipinski definition) is 1. The highest BCUT2D eigenvalue weighted by molar-refractivity contribution is 5.69. The molecule has 0 spiro atoms. The van der Waals surface area contributed by atoms with Gasteiger partial charge in [-0.15, -0.1) is 6.58 Å². The van der Waals surface area contributed by atoms with Gasteiger partial charge in [-0.3, -0.25) is 4.79 Å². The van der Waals surface area contributed by atoms with Gasteiger partial charge in [-0.2, -0.15) is 0 Å². The summed E-state index contributed by atoms with van der Waals surface area (Å²) < 4.78 is 0. The summed E-state index contributed by atoms with van der Waals surface area (Å²) in [7, 11) is 0. The zero-order valence-electron chi connectivity index (χ0n) is 13.2. The molecule has 3 aliphatic carbocycles. The molecule has 0 heterocycles. The number of carbonyl (C=O) groups is 1. The molecule has 0 amide bonds. The predicted octanol–water partition coefficient (Wildman–Crippen LogP) is 4.90. The van der Waals surface area contributed by atoms with E-state index in [4.69, 9.17) is 5.11 Å². The number of fused-ring (bicyclic) bond motifs is 1. The smallest absolute Gasteiger partial charge is 0.306 e. The molecule has 4 unspecified atom stereocenters. The lowest BCUT2D eigenvalue weighted by Gasteiger charge is -2.44. The first-order chi connectivity index (χ1) is 10.2. The van der Waals surface area contributed by atoms with Crippen LogP contribution in [0.3, 0.4) is 0 Å². The second-order valence-corrected chi connectivity index (χ2v) is 7.85. The molecule has 2 nitrogen and oxygen atoms in total. The van der Waals surface area contributed by atoms with Crippen molar-refractivity contribution in [3.05, 3.63) is 12.7 Å². The maximum absolute atomic E-state index is 11.1. The van der Waals surface area contributed by atoms with Gasteiger partial charge in [0.05, 0.1) is 5.92 Å². The van der Waals surface area contributed by atoms with Gasteiger partial charge in [0.2, 0.25) is 0 Å². The Morgan fingerprint density at radius 3 is 1.95 bits per heavy atom. The lowest BCUT2D eigenvalue weighted by atomic mass is 9.61. The molecule has 21 heavy (non-hydrogen) atoms. The zero-order valence-corrected chi connectivity index (χ0v) is 13.2. The SMILES string of the molecule is C=CC1CCC2CC(C3CCC(C(=O)O)CC3)CCC2C1. The van der Waals surface area contributed by atoms with Crippen LogP contribution in [0, 0.1) is 35.5 Å². The quantitative estimate of drug-likeness (QED) is 0.751. The highest BCUT2D eigenvalue weighted by Crippen LogP contribution is 2.49. The van der Waals surface area contributed by atoms with Crippen LogP contribution in [0.25, 0.3) is 0 Å². The lowest BCUT2D eigenvalue weighted by molar-refractivity contribution is -0.143. The van der Waals surface area contributed by atoms with Crippen molar-refractivity contribution in [2.24, 2.45) is 35.5 Å². The predicted molar refractivity (Wildman–Crippen MR) is 84.9 cm³/mol. The van der Waals surface area contributed by atoms with E-state index in [-0.39, 0.29) is 5.92 Å². The molecule has 0 radical (unpaired) electrons. The van der Waals surface area contributed by atoms with E-state index in [1.54, 1.807) is 0 Å². The fraction of sp³-hybridized carbons (Fsp3) is 0.842. The number of allylic oxidation sites excluding steroid dienone is 1. The van der Waals surface area contributed by atoms with Crippen LogP contribution >= 0.6 is 0 Å². The van der Waals surface area contributed by atoms with Crippen molar-refractivity contribution in [1.29, 1.82) is 0 Å². The minimum atomic E-state index is -0.570. The number of aliphatic carboxylic acids is 1. The fourth-order valence-corrected chi connectivity index (χ4v) is 5.44. The van der Waals surface area contributed by atoms with E-state index in [9.17, 15) is 4.79 Å². The van der Waals surface area contributed by atoms with Crippen LogP contribution in [0.1, 0.15) is 64.2 Å². The Balaban J connectivity index is 1.51. The summed E-state index contributed by atoms with van der Waals surface area (Å²) in [6.45, 7) is 3.98. The number of carboxylic acids is 1. The van der Waals surface area contributed by atoms with Crippen LogP contribution in [0.4, 0.5) is 0 Å². The highest BCUT2D eigenvalue weighted by atomic mass is 16.4. The van der Waals surface area contributed by atoms with Crippen LogP contribution in [0.2, 0.25) is 0 Å². The molecule has 0 bridgehead atoms. The number of rotatable bonds is 3. The molecule has 0 aromatic heterocycles. The van der Waals surface area contributed by atoms with Crippen molar-refractivity contribution in [2.45, 2.75) is 64.2 Å². The second kappa shape index (κ2) is 6.54. The number of hydrogen-bond donors (Lipinski definition) is 1. The van der Waals surface area contributed by atoms with E-state index in [0.717, 1.165) is 55.3 Å². The second-order valence-electron chi connectivity index (χ2n) is 7.85. The van der Waals surface area contributed by atoms with Crippen LogP contribution in [-0.2, 0) is 4.79 Å². The summed E-state index contributed by atoms with van der Waals surface area (Å²) in [5.74, 6) is 3.76. The Labute approximate surface area is 129 Å². The average Bonchev–Trinajstić information content (AvgIpc) is 2.54. The van der Waals surface area contributed by atoms with Gasteiger partial charge in [-0.25, -0.2) is 0 Å². The van der Waals surface area contributed by atoms with Gasteiger partial charge >= 0.3 is 5.97 Å². The van der Waals surface area contributed by atoms with E-state index in [2.05, 4.69) is 12.7 Å². The van der Waals surface area contributed by atoms with Crippen LogP contribution in [-0.4, -0.2) is 11.1 Å². The molecule has 0 saturated heterocycles. The molecule has 4 atom stereocenters. The molecule has 0 aromatic carbocycles. The lowest BCUT2D eigenvalue weighted by Crippen LogP contribution is -2.34. The van der Waals surface area contributed by atoms with E-state index in [0.29, 0.717) is 0 Å². The Morgan fingerprint density at radius 1 is 0.810 bits per heavy atom. The minimum absolute atomic E-state index is 0.0550. The van der Waals surface area contributed by atoms with Crippen LogP contribution in [0.15, 0.2) is 12.7 Å². The summed E-state index contributed by atoms with van der Waals surface area (Å²) in [5.41, 5.74) is 0. The molecule has 0 aromatic rings. The summed E-state index contributed by atoms with van der Waals surface area (Å²) in [5, 5.41) is 9.13. The minimum Gasteiger partial charge on any atom is -0.481 e. The van der Waals surface area contributed by atoms with Gasteiger partial charge in [0, 0.05) is 0 Å². The maximum atomic E-state index is 11.1. The van der Waals surface area contributed by atoms with Crippen LogP contribution in [0.5, 0.6) is 0 Å². The number of carboxylic acid groups (broad SMARTS) is 1. The Morgan fingerprint density at radius 2 is 1.33 bits per heavy atom. The molecular formula is C19H30O2. The maximum Gasteiger partial charge on any atom is 0.306 e. The third-order valence-electron chi connectivity index (χ3n) is 6.82. The summed E-state index contributed by atoms with van der Waals surface area (Å²) in [6, 6.07) is 0. The highest BCUT2D eigenvalue weighted by Gasteiger charge is 2.38. The molecule has 3 saturated carbocycles. The van der Waals surface area contributed by atoms with Crippen molar-refractivity contribution < 1.29 is 9.90 Å². The summed E-state index contributed by atoms with van der Waals surface area (Å²) in [4.78, 5) is 11.1. The largest absolute Gasteiger partial charge is 0.481 e. The Hall–Kier alpha value is -0.790. The van der Waals surface area contributed by atoms with Crippen LogP contribution < -0.4 is 0 Å². The third-order valence-corrected chi connectivity index (χ3v) is 6.82.